The number of nitrogens with two attached hydrogens (primary N) is 2. The molecule has 7 aromatic rings. The van der Waals surface area contributed by atoms with Gasteiger partial charge < -0.3 is 51.2 Å². The molecule has 0 unspecified atom stereocenters. The van der Waals surface area contributed by atoms with Crippen LogP contribution in [-0.2, 0) is 46.4 Å². The molecule has 0 aromatic heterocycles. The number of phenols is 1. The van der Waals surface area contributed by atoms with Crippen LogP contribution in [-0.4, -0.2) is 70.0 Å². The molecular weight excluding hydrogens is 1250 g/mol. The Balaban J connectivity index is 0.00000784. The summed E-state index contributed by atoms with van der Waals surface area (Å²) in [6.45, 7) is 2.78. The summed E-state index contributed by atoms with van der Waals surface area (Å²) >= 11 is 0. The second-order valence-electron chi connectivity index (χ2n) is 30.0. The number of aliphatic hydroxyl groups is 3. The van der Waals surface area contributed by atoms with E-state index in [4.69, 9.17) is 25.9 Å². The number of aliphatic imine (C=N–C) groups is 1. The van der Waals surface area contributed by atoms with Crippen LogP contribution in [0.2, 0.25) is 0 Å². The quantitative estimate of drug-likeness (QED) is 0.0160. The van der Waals surface area contributed by atoms with Gasteiger partial charge in [-0.25, -0.2) is 13.4 Å². The normalized spacial score (nSPS) is 30.3. The molecule has 10 bridgehead atoms. The van der Waals surface area contributed by atoms with Gasteiger partial charge in [-0.2, -0.15) is 0 Å². The molecule has 0 radical (unpaired) electrons. The Hall–Kier alpha value is -6.84. The van der Waals surface area contributed by atoms with Crippen molar-refractivity contribution < 1.29 is 72.4 Å². The van der Waals surface area contributed by atoms with Gasteiger partial charge in [0.05, 0.1) is 33.2 Å². The first-order valence-electron chi connectivity index (χ1n) is 35.4. The van der Waals surface area contributed by atoms with E-state index in [1.165, 1.54) is 44.2 Å². The smallest absolute Gasteiger partial charge is 0.748 e. The number of nitrogens with zero attached hydrogens (tertiary/aromatic N) is 1. The number of ether oxygens (including phenoxy) is 2. The Kier molecular flexibility index (Phi) is 18.2. The van der Waals surface area contributed by atoms with Gasteiger partial charge in [0.2, 0.25) is 5.72 Å². The Morgan fingerprint density at radius 3 is 2.48 bits per heavy atom. The van der Waals surface area contributed by atoms with Gasteiger partial charge in [0, 0.05) is 54.5 Å². The van der Waals surface area contributed by atoms with Crippen molar-refractivity contribution in [1.82, 2.24) is 5.32 Å². The van der Waals surface area contributed by atoms with E-state index in [1.807, 2.05) is 67.7 Å². The van der Waals surface area contributed by atoms with Gasteiger partial charge in [0.25, 0.3) is 0 Å². The number of fused-ring (bicyclic) bond motifs is 8. The van der Waals surface area contributed by atoms with Crippen LogP contribution in [0.4, 0.5) is 0 Å². The molecule has 98 heavy (non-hydrogen) atoms. The maximum atomic E-state index is 14.5. The summed E-state index contributed by atoms with van der Waals surface area (Å²) in [4.78, 5) is 5.26. The van der Waals surface area contributed by atoms with Crippen molar-refractivity contribution >= 4 is 39.0 Å². The summed E-state index contributed by atoms with van der Waals surface area (Å²) < 4.78 is 58.4. The fourth-order valence-electron chi connectivity index (χ4n) is 19.9. The van der Waals surface area contributed by atoms with E-state index in [2.05, 4.69) is 109 Å². The number of nitrogens with one attached hydrogen (secondary N) is 1. The van der Waals surface area contributed by atoms with Gasteiger partial charge in [-0.15, -0.1) is 0 Å². The summed E-state index contributed by atoms with van der Waals surface area (Å²) in [5, 5.41) is 53.2. The number of guanidine groups is 1. The zero-order valence-electron chi connectivity index (χ0n) is 56.2. The maximum Gasteiger partial charge on any atom is 1.00 e. The van der Waals surface area contributed by atoms with E-state index in [1.54, 1.807) is 12.1 Å². The van der Waals surface area contributed by atoms with Crippen LogP contribution in [0, 0.1) is 41.4 Å². The third kappa shape index (κ3) is 12.1. The molecule has 500 valence electrons. The first-order valence-corrected chi connectivity index (χ1v) is 36.9. The molecule has 0 amide bonds. The van der Waals surface area contributed by atoms with Crippen molar-refractivity contribution in [1.29, 1.82) is 0 Å². The summed E-state index contributed by atoms with van der Waals surface area (Å²) in [5.74, 6) is 4.38. The average molecular weight is 1340 g/mol. The van der Waals surface area contributed by atoms with Crippen LogP contribution in [0.3, 0.4) is 0 Å². The molecule has 7 aromatic carbocycles. The molecule has 9 N–H and O–H groups in total. The monoisotopic (exact) mass is 1340 g/mol. The van der Waals surface area contributed by atoms with Crippen LogP contribution in [0.1, 0.15) is 203 Å². The van der Waals surface area contributed by atoms with Gasteiger partial charge >= 0.3 is 29.6 Å². The largest absolute Gasteiger partial charge is 1.00 e. The molecule has 11 aliphatic rings. The number of benzene rings is 7. The molecule has 16 atom stereocenters. The predicted molar refractivity (Wildman–Crippen MR) is 379 cm³/mol. The number of allylic oxidation sites excluding steroid dienone is 2. The molecule has 5 heterocycles. The molecule has 1 saturated carbocycles. The Morgan fingerprint density at radius 2 is 1.68 bits per heavy atom. The molecule has 2 fully saturated rings. The number of aryl methyl sites for hydroxylation is 1. The van der Waals surface area contributed by atoms with Crippen molar-refractivity contribution in [2.24, 2.45) is 46.0 Å². The topological polar surface area (TPSA) is 233 Å². The zero-order valence-corrected chi connectivity index (χ0v) is 59.1. The second kappa shape index (κ2) is 26.6. The molecule has 18 rings (SSSR count). The molecule has 15 heteroatoms. The average Bonchev–Trinajstić information content (AvgIpc) is 1.30. The van der Waals surface area contributed by atoms with Gasteiger partial charge in [-0.1, -0.05) is 146 Å². The Bertz CT molecular complexity index is 4580. The summed E-state index contributed by atoms with van der Waals surface area (Å²) in [6.07, 6.45) is 17.0. The second-order valence-corrected chi connectivity index (χ2v) is 31.6. The SMILES string of the molecule is CNCc1cc2cccc3c2c2c1C[C@@H]1C=Cc4c([C@@H]5CCC[C@](O)([C@H](Cc6ccccc6)C[C@@]6(N=C(N)N)Oc7ccc8c(c7)CC[C@@H](C)[C@@H]8C[C@@H](S(=O)(=O)[O-])[C@H]7C=C8C[C@H](C[C@H]9C[C@@H](CO)CC#Cc%10cc(O)ccc%10[C@@H]8O9)[C@@H]7c7ccc6cc7)C5)ccc(c41)[C@H](O)[C@@H]2C=C3.[Na+]. The number of phenolic OH excluding ortho intramolecular Hbond substituents is 1. The van der Waals surface area contributed by atoms with Gasteiger partial charge in [-0.3, -0.25) is 0 Å². The maximum absolute atomic E-state index is 14.5. The van der Waals surface area contributed by atoms with Crippen LogP contribution >= 0.6 is 0 Å². The molecule has 13 nitrogen and oxygen atoms in total. The Labute approximate surface area is 598 Å². The summed E-state index contributed by atoms with van der Waals surface area (Å²) in [6, 6.07) is 42.8. The molecule has 5 aliphatic heterocycles. The number of hydrogen-bond donors (Lipinski definition) is 7. The van der Waals surface area contributed by atoms with E-state index in [9.17, 15) is 33.4 Å². The third-order valence-electron chi connectivity index (χ3n) is 24.3. The molecular formula is C83H87N4NaO9S. The minimum Gasteiger partial charge on any atom is -0.748 e. The van der Waals surface area contributed by atoms with E-state index >= 15 is 0 Å². The number of aromatic hydroxyl groups is 1. The number of aliphatic hydroxyl groups excluding tert-OH is 2. The van der Waals surface area contributed by atoms with Crippen molar-refractivity contribution in [3.8, 4) is 23.3 Å². The minimum atomic E-state index is -4.98. The van der Waals surface area contributed by atoms with Gasteiger partial charge in [0.1, 0.15) is 17.6 Å². The van der Waals surface area contributed by atoms with E-state index in [0.29, 0.717) is 74.8 Å². The third-order valence-corrected chi connectivity index (χ3v) is 25.5. The van der Waals surface area contributed by atoms with Gasteiger partial charge in [0.15, 0.2) is 5.96 Å². The Morgan fingerprint density at radius 1 is 0.878 bits per heavy atom. The van der Waals surface area contributed by atoms with Crippen molar-refractivity contribution in [3.05, 3.63) is 235 Å². The van der Waals surface area contributed by atoms with Crippen molar-refractivity contribution in [3.63, 3.8) is 0 Å². The van der Waals surface area contributed by atoms with Crippen molar-refractivity contribution in [2.45, 2.75) is 168 Å². The summed E-state index contributed by atoms with van der Waals surface area (Å²) in [5.41, 5.74) is 26.8. The standard InChI is InChI=1S/C83H88N4O9S.Na/c1-47-16-17-53-38-63-25-29-65(53)71(47)42-74(97(92,93)94)73-41-58-36-57(39-64-34-49(46-88)11-6-13-52-37-62(89)24-28-67(52)80(58)95-64)75(73)51-18-22-60(23-19-51)83(96-63,87-81(84)85)44-61(33-48-9-4-3-5-10-48)82(91)32-8-15-56(43-82)66-30-31-69-77-55(21-26-68(66)77)40-72-59(45-86-2)35-54-14-7-12-50-20-27-70(79(69)90)78(72)76(50)54;/h3-5,7,9-10,12,14,18-31,35,37-38,41,47,49,55-57,61,64,70-71,73-75,79-80,86,88-91H,8,11,15-17,32-34,36,39-40,42-46H2,1-2H3,(H4,84,85,87)(H,92,93,94);/q;+1/p-1/t47-,49+,55+,56-,57-,61-,64-,70-,71+,73-,74-,75+,79+,80-,82-,83-;/m1./s1. The number of rotatable bonds is 11. The first-order chi connectivity index (χ1) is 46.9. The fourth-order valence-corrected chi connectivity index (χ4v) is 20.9. The van der Waals surface area contributed by atoms with Crippen LogP contribution in [0.5, 0.6) is 11.5 Å². The van der Waals surface area contributed by atoms with Crippen LogP contribution in [0.15, 0.2) is 156 Å². The predicted octanol–water partition coefficient (Wildman–Crippen LogP) is 10.5. The number of hydrogen-bond acceptors (Lipinski definition) is 11. The van der Waals surface area contributed by atoms with Crippen molar-refractivity contribution in [2.75, 3.05) is 13.7 Å². The molecule has 6 aliphatic carbocycles. The van der Waals surface area contributed by atoms with E-state index in [-0.39, 0.29) is 108 Å². The van der Waals surface area contributed by atoms with E-state index < -0.39 is 56.7 Å². The van der Waals surface area contributed by atoms with Gasteiger partial charge in [-0.05, 0) is 245 Å². The van der Waals surface area contributed by atoms with Crippen LogP contribution < -0.4 is 51.1 Å². The zero-order chi connectivity index (χ0) is 66.6. The fraction of sp³-hybridized carbons (Fsp3) is 0.410. The molecule has 1 saturated heterocycles. The minimum absolute atomic E-state index is 0. The van der Waals surface area contributed by atoms with E-state index in [0.717, 1.165) is 70.2 Å². The van der Waals surface area contributed by atoms with Crippen LogP contribution in [0.25, 0.3) is 22.9 Å². The molecule has 0 spiro atoms. The first kappa shape index (κ1) is 67.0. The summed E-state index contributed by atoms with van der Waals surface area (Å²) in [7, 11) is -2.98.